The van der Waals surface area contributed by atoms with Crippen molar-refractivity contribution >= 4 is 17.5 Å². The van der Waals surface area contributed by atoms with Gasteiger partial charge in [-0.2, -0.15) is 0 Å². The number of hydrogen-bond donors (Lipinski definition) is 1. The number of carbonyl (C=O) groups is 1. The Balaban J connectivity index is 1.71. The van der Waals surface area contributed by atoms with E-state index in [-0.39, 0.29) is 0 Å². The molecule has 2 aromatic carbocycles. The third-order valence-electron chi connectivity index (χ3n) is 4.79. The number of ether oxygens (including phenoxy) is 2. The van der Waals surface area contributed by atoms with Gasteiger partial charge in [0.15, 0.2) is 5.82 Å². The molecule has 3 rings (SSSR count). The molecule has 0 fully saturated rings. The van der Waals surface area contributed by atoms with E-state index >= 15 is 0 Å². The van der Waals surface area contributed by atoms with Crippen molar-refractivity contribution < 1.29 is 14.3 Å². The summed E-state index contributed by atoms with van der Waals surface area (Å²) in [5, 5.41) is 3.29. The molecule has 0 atom stereocenters. The summed E-state index contributed by atoms with van der Waals surface area (Å²) in [5.41, 5.74) is 2.33. The first-order valence-electron chi connectivity index (χ1n) is 10.3. The van der Waals surface area contributed by atoms with Crippen LogP contribution in [0.5, 0.6) is 5.75 Å². The molecule has 162 valence electrons. The minimum Gasteiger partial charge on any atom is -0.497 e. The zero-order valence-electron chi connectivity index (χ0n) is 18.2. The zero-order valence-corrected chi connectivity index (χ0v) is 18.2. The van der Waals surface area contributed by atoms with Gasteiger partial charge in [0.1, 0.15) is 17.1 Å². The zero-order chi connectivity index (χ0) is 22.1. The summed E-state index contributed by atoms with van der Waals surface area (Å²) in [6.07, 6.45) is 2.39. The van der Waals surface area contributed by atoms with Crippen LogP contribution in [0.1, 0.15) is 23.7 Å². The van der Waals surface area contributed by atoms with Gasteiger partial charge in [0.05, 0.1) is 13.7 Å². The Hall–Kier alpha value is -3.61. The molecule has 0 unspecified atom stereocenters. The normalized spacial score (nSPS) is 10.4. The van der Waals surface area contributed by atoms with Crippen molar-refractivity contribution in [1.29, 1.82) is 0 Å². The third kappa shape index (κ3) is 5.94. The second kappa shape index (κ2) is 11.0. The van der Waals surface area contributed by atoms with Gasteiger partial charge < -0.3 is 19.7 Å². The molecule has 1 N–H and O–H groups in total. The van der Waals surface area contributed by atoms with Crippen molar-refractivity contribution in [3.63, 3.8) is 0 Å². The van der Waals surface area contributed by atoms with Crippen LogP contribution < -0.4 is 15.0 Å². The van der Waals surface area contributed by atoms with Gasteiger partial charge in [-0.3, -0.25) is 0 Å². The van der Waals surface area contributed by atoms with E-state index in [1.807, 2.05) is 42.5 Å². The number of esters is 1. The molecule has 0 amide bonds. The predicted molar refractivity (Wildman–Crippen MR) is 123 cm³/mol. The summed E-state index contributed by atoms with van der Waals surface area (Å²) >= 11 is 0. The Kier molecular flexibility index (Phi) is 7.81. The van der Waals surface area contributed by atoms with Crippen LogP contribution >= 0.6 is 0 Å². The molecule has 0 aliphatic rings. The van der Waals surface area contributed by atoms with Crippen LogP contribution in [-0.2, 0) is 4.74 Å². The quantitative estimate of drug-likeness (QED) is 0.388. The molecule has 0 radical (unpaired) electrons. The largest absolute Gasteiger partial charge is 0.497 e. The Morgan fingerprint density at radius 3 is 2.52 bits per heavy atom. The summed E-state index contributed by atoms with van der Waals surface area (Å²) in [6, 6.07) is 17.7. The van der Waals surface area contributed by atoms with Crippen molar-refractivity contribution in [2.75, 3.05) is 44.1 Å². The second-order valence-corrected chi connectivity index (χ2v) is 6.94. The standard InChI is InChI=1S/C24H28N4O3/c1-4-31-24(29)21-17-26-22(18-11-13-20(30-3)14-12-18)27-23(21)25-15-8-16-28(2)19-9-6-5-7-10-19/h5-7,9-14,17H,4,8,15-16H2,1-3H3,(H,25,26,27). The fraction of sp³-hybridized carbons (Fsp3) is 0.292. The fourth-order valence-electron chi connectivity index (χ4n) is 3.09. The summed E-state index contributed by atoms with van der Waals surface area (Å²) < 4.78 is 10.4. The van der Waals surface area contributed by atoms with Crippen LogP contribution in [-0.4, -0.2) is 49.8 Å². The van der Waals surface area contributed by atoms with Crippen LogP contribution in [0.3, 0.4) is 0 Å². The summed E-state index contributed by atoms with van der Waals surface area (Å²) in [5.74, 6) is 1.32. The van der Waals surface area contributed by atoms with Gasteiger partial charge in [-0.15, -0.1) is 0 Å². The number of benzene rings is 2. The van der Waals surface area contributed by atoms with E-state index in [4.69, 9.17) is 9.47 Å². The molecule has 0 spiro atoms. The molecule has 31 heavy (non-hydrogen) atoms. The van der Waals surface area contributed by atoms with Crippen molar-refractivity contribution in [3.05, 3.63) is 66.4 Å². The fourth-order valence-corrected chi connectivity index (χ4v) is 3.09. The highest BCUT2D eigenvalue weighted by Crippen LogP contribution is 2.22. The lowest BCUT2D eigenvalue weighted by Gasteiger charge is -2.19. The first-order valence-corrected chi connectivity index (χ1v) is 10.3. The average molecular weight is 421 g/mol. The first kappa shape index (κ1) is 22.1. The summed E-state index contributed by atoms with van der Waals surface area (Å²) in [6.45, 7) is 3.59. The molecule has 7 heteroatoms. The molecule has 0 aliphatic heterocycles. The van der Waals surface area contributed by atoms with Gasteiger partial charge in [-0.1, -0.05) is 18.2 Å². The van der Waals surface area contributed by atoms with Crippen LogP contribution in [0.15, 0.2) is 60.8 Å². The predicted octanol–water partition coefficient (Wildman–Crippen LogP) is 4.27. The topological polar surface area (TPSA) is 76.6 Å². The van der Waals surface area contributed by atoms with E-state index in [2.05, 4.69) is 39.4 Å². The van der Waals surface area contributed by atoms with Gasteiger partial charge in [0, 0.05) is 37.6 Å². The van der Waals surface area contributed by atoms with Gasteiger partial charge in [-0.05, 0) is 49.7 Å². The molecule has 0 bridgehead atoms. The lowest BCUT2D eigenvalue weighted by atomic mass is 10.2. The van der Waals surface area contributed by atoms with Gasteiger partial charge in [0.25, 0.3) is 0 Å². The van der Waals surface area contributed by atoms with Crippen molar-refractivity contribution in [2.45, 2.75) is 13.3 Å². The van der Waals surface area contributed by atoms with Gasteiger partial charge >= 0.3 is 5.97 Å². The number of aromatic nitrogens is 2. The number of nitrogens with zero attached hydrogens (tertiary/aromatic N) is 3. The molecule has 0 saturated carbocycles. The molecule has 3 aromatic rings. The van der Waals surface area contributed by atoms with E-state index in [1.165, 1.54) is 11.9 Å². The van der Waals surface area contributed by atoms with E-state index in [9.17, 15) is 4.79 Å². The Morgan fingerprint density at radius 2 is 1.84 bits per heavy atom. The Bertz CT molecular complexity index is 978. The molecule has 0 aliphatic carbocycles. The SMILES string of the molecule is CCOC(=O)c1cnc(-c2ccc(OC)cc2)nc1NCCCN(C)c1ccccc1. The molecule has 1 aromatic heterocycles. The maximum absolute atomic E-state index is 12.4. The minimum atomic E-state index is -0.437. The number of carbonyl (C=O) groups excluding carboxylic acids is 1. The van der Waals surface area contributed by atoms with Crippen LogP contribution in [0.2, 0.25) is 0 Å². The van der Waals surface area contributed by atoms with Crippen LogP contribution in [0, 0.1) is 0 Å². The average Bonchev–Trinajstić information content (AvgIpc) is 2.82. The summed E-state index contributed by atoms with van der Waals surface area (Å²) in [4.78, 5) is 23.5. The van der Waals surface area contributed by atoms with E-state index in [0.29, 0.717) is 30.4 Å². The first-order chi connectivity index (χ1) is 15.1. The Morgan fingerprint density at radius 1 is 1.10 bits per heavy atom. The highest BCUT2D eigenvalue weighted by molar-refractivity contribution is 5.94. The number of methoxy groups -OCH3 is 1. The highest BCUT2D eigenvalue weighted by atomic mass is 16.5. The highest BCUT2D eigenvalue weighted by Gasteiger charge is 2.16. The van der Waals surface area contributed by atoms with Gasteiger partial charge in [-0.25, -0.2) is 14.8 Å². The van der Waals surface area contributed by atoms with E-state index < -0.39 is 5.97 Å². The van der Waals surface area contributed by atoms with Crippen molar-refractivity contribution in [2.24, 2.45) is 0 Å². The smallest absolute Gasteiger partial charge is 0.343 e. The van der Waals surface area contributed by atoms with Crippen LogP contribution in [0.25, 0.3) is 11.4 Å². The minimum absolute atomic E-state index is 0.292. The number of para-hydroxylation sites is 1. The van der Waals surface area contributed by atoms with Crippen LogP contribution in [0.4, 0.5) is 11.5 Å². The van der Waals surface area contributed by atoms with Crippen molar-refractivity contribution in [3.8, 4) is 17.1 Å². The maximum Gasteiger partial charge on any atom is 0.343 e. The number of anilines is 2. The molecular formula is C24H28N4O3. The number of hydrogen-bond acceptors (Lipinski definition) is 7. The maximum atomic E-state index is 12.4. The van der Waals surface area contributed by atoms with E-state index in [0.717, 1.165) is 24.3 Å². The molecule has 0 saturated heterocycles. The Labute approximate surface area is 183 Å². The monoisotopic (exact) mass is 420 g/mol. The molecule has 1 heterocycles. The lowest BCUT2D eigenvalue weighted by Crippen LogP contribution is -2.21. The van der Waals surface area contributed by atoms with E-state index in [1.54, 1.807) is 14.0 Å². The molecular weight excluding hydrogens is 392 g/mol. The number of nitrogens with one attached hydrogen (secondary N) is 1. The summed E-state index contributed by atoms with van der Waals surface area (Å²) in [7, 11) is 3.68. The molecule has 7 nitrogen and oxygen atoms in total. The third-order valence-corrected chi connectivity index (χ3v) is 4.79. The number of rotatable bonds is 10. The van der Waals surface area contributed by atoms with Crippen molar-refractivity contribution in [1.82, 2.24) is 9.97 Å². The lowest BCUT2D eigenvalue weighted by molar-refractivity contribution is 0.0526. The second-order valence-electron chi connectivity index (χ2n) is 6.94. The van der Waals surface area contributed by atoms with Gasteiger partial charge in [0.2, 0.25) is 0 Å².